The number of carbonyl (C=O) groups excluding carboxylic acids is 1. The Morgan fingerprint density at radius 1 is 1.47 bits per heavy atom. The third-order valence-electron chi connectivity index (χ3n) is 1.68. The van der Waals surface area contributed by atoms with Crippen LogP contribution in [0.5, 0.6) is 0 Å². The molecular weight excluding hydrogens is 192 g/mol. The lowest BCUT2D eigenvalue weighted by atomic mass is 10.2. The summed E-state index contributed by atoms with van der Waals surface area (Å²) in [4.78, 5) is 15.8. The van der Waals surface area contributed by atoms with Gasteiger partial charge < -0.3 is 5.73 Å². The van der Waals surface area contributed by atoms with E-state index in [-0.39, 0.29) is 5.91 Å². The summed E-state index contributed by atoms with van der Waals surface area (Å²) in [6.45, 7) is 2.24. The van der Waals surface area contributed by atoms with Gasteiger partial charge in [0.15, 0.2) is 0 Å². The molecule has 1 rings (SSSR count). The zero-order valence-corrected chi connectivity index (χ0v) is 8.57. The maximum Gasteiger partial charge on any atom is 0.267 e. The van der Waals surface area contributed by atoms with Gasteiger partial charge >= 0.3 is 0 Å². The molecule has 4 heteroatoms. The van der Waals surface area contributed by atoms with E-state index in [1.54, 1.807) is 25.1 Å². The minimum atomic E-state index is -0.284. The van der Waals surface area contributed by atoms with E-state index >= 15 is 0 Å². The second-order valence-electron chi connectivity index (χ2n) is 2.90. The Kier molecular flexibility index (Phi) is 4.37. The van der Waals surface area contributed by atoms with Crippen molar-refractivity contribution >= 4 is 17.7 Å². The average molecular weight is 206 g/mol. The second kappa shape index (κ2) is 5.82. The molecule has 0 unspecified atom stereocenters. The van der Waals surface area contributed by atoms with Crippen molar-refractivity contribution in [2.75, 3.05) is 12.3 Å². The highest BCUT2D eigenvalue weighted by Gasteiger charge is 1.93. The van der Waals surface area contributed by atoms with E-state index in [1.165, 1.54) is 6.08 Å². The summed E-state index contributed by atoms with van der Waals surface area (Å²) in [5, 5.41) is 0. The van der Waals surface area contributed by atoms with Crippen LogP contribution in [-0.2, 0) is 9.63 Å². The van der Waals surface area contributed by atoms with E-state index < -0.39 is 0 Å². The summed E-state index contributed by atoms with van der Waals surface area (Å²) >= 11 is 0. The zero-order chi connectivity index (χ0) is 11.1. The van der Waals surface area contributed by atoms with Crippen molar-refractivity contribution in [1.82, 2.24) is 5.48 Å². The van der Waals surface area contributed by atoms with Crippen LogP contribution in [0, 0.1) is 0 Å². The molecule has 0 aliphatic rings. The maximum absolute atomic E-state index is 11.1. The molecule has 1 amide bonds. The number of benzene rings is 1. The molecule has 80 valence electrons. The van der Waals surface area contributed by atoms with Crippen LogP contribution < -0.4 is 11.2 Å². The predicted octanol–water partition coefficient (Wildman–Crippen LogP) is 1.35. The molecule has 0 fully saturated rings. The normalized spacial score (nSPS) is 10.5. The van der Waals surface area contributed by atoms with Crippen LogP contribution in [-0.4, -0.2) is 12.5 Å². The number of nitrogens with two attached hydrogens (primary N) is 1. The molecule has 3 N–H and O–H groups in total. The Balaban J connectivity index is 2.50. The molecule has 4 nitrogen and oxygen atoms in total. The minimum absolute atomic E-state index is 0.284. The highest BCUT2D eigenvalue weighted by Crippen LogP contribution is 2.06. The van der Waals surface area contributed by atoms with Gasteiger partial charge in [0.2, 0.25) is 0 Å². The first-order valence-electron chi connectivity index (χ1n) is 4.67. The standard InChI is InChI=1S/C11H14N2O2/c1-2-15-13-11(14)8-5-9-3-6-10(12)7-4-9/h3-8H,2,12H2,1H3,(H,13,14)/b8-5+. The smallest absolute Gasteiger partial charge is 0.267 e. The number of carbonyl (C=O) groups is 1. The summed E-state index contributed by atoms with van der Waals surface area (Å²) in [5.41, 5.74) is 9.40. The van der Waals surface area contributed by atoms with E-state index in [0.717, 1.165) is 5.56 Å². The van der Waals surface area contributed by atoms with Crippen molar-refractivity contribution < 1.29 is 9.63 Å². The first-order chi connectivity index (χ1) is 7.22. The van der Waals surface area contributed by atoms with Crippen LogP contribution in [0.1, 0.15) is 12.5 Å². The topological polar surface area (TPSA) is 64.3 Å². The lowest BCUT2D eigenvalue weighted by molar-refractivity contribution is -0.127. The first kappa shape index (κ1) is 11.3. The summed E-state index contributed by atoms with van der Waals surface area (Å²) in [6, 6.07) is 7.22. The molecule has 0 heterocycles. The van der Waals surface area contributed by atoms with Crippen molar-refractivity contribution in [3.63, 3.8) is 0 Å². The van der Waals surface area contributed by atoms with Gasteiger partial charge in [-0.2, -0.15) is 0 Å². The lowest BCUT2D eigenvalue weighted by Gasteiger charge is -1.98. The van der Waals surface area contributed by atoms with Gasteiger partial charge in [-0.3, -0.25) is 9.63 Å². The summed E-state index contributed by atoms with van der Waals surface area (Å²) in [7, 11) is 0. The van der Waals surface area contributed by atoms with Gasteiger partial charge in [0, 0.05) is 11.8 Å². The van der Waals surface area contributed by atoms with Gasteiger partial charge in [0.25, 0.3) is 5.91 Å². The van der Waals surface area contributed by atoms with Gasteiger partial charge in [-0.15, -0.1) is 0 Å². The van der Waals surface area contributed by atoms with Gasteiger partial charge in [0.05, 0.1) is 6.61 Å². The average Bonchev–Trinajstić information content (AvgIpc) is 2.25. The fourth-order valence-electron chi connectivity index (χ4n) is 0.956. The molecule has 0 radical (unpaired) electrons. The van der Waals surface area contributed by atoms with Crippen LogP contribution >= 0.6 is 0 Å². The molecule has 0 saturated heterocycles. The molecule has 15 heavy (non-hydrogen) atoms. The number of amides is 1. The van der Waals surface area contributed by atoms with E-state index in [1.807, 2.05) is 12.1 Å². The molecule has 0 saturated carbocycles. The minimum Gasteiger partial charge on any atom is -0.399 e. The first-order valence-corrected chi connectivity index (χ1v) is 4.67. The number of nitrogen functional groups attached to an aromatic ring is 1. The third kappa shape index (κ3) is 4.28. The zero-order valence-electron chi connectivity index (χ0n) is 8.57. The summed E-state index contributed by atoms with van der Waals surface area (Å²) in [6.07, 6.45) is 3.09. The third-order valence-corrected chi connectivity index (χ3v) is 1.68. The molecule has 1 aromatic carbocycles. The van der Waals surface area contributed by atoms with Crippen molar-refractivity contribution in [2.45, 2.75) is 6.92 Å². The molecule has 0 aliphatic heterocycles. The molecular formula is C11H14N2O2. The Bertz CT molecular complexity index is 344. The van der Waals surface area contributed by atoms with Crippen molar-refractivity contribution in [1.29, 1.82) is 0 Å². The summed E-state index contributed by atoms with van der Waals surface area (Å²) in [5.74, 6) is -0.284. The van der Waals surface area contributed by atoms with Crippen LogP contribution in [0.15, 0.2) is 30.3 Å². The lowest BCUT2D eigenvalue weighted by Crippen LogP contribution is -2.20. The van der Waals surface area contributed by atoms with Gasteiger partial charge in [-0.25, -0.2) is 5.48 Å². The highest BCUT2D eigenvalue weighted by molar-refractivity contribution is 5.90. The number of nitrogens with one attached hydrogen (secondary N) is 1. The predicted molar refractivity (Wildman–Crippen MR) is 59.7 cm³/mol. The maximum atomic E-state index is 11.1. The Hall–Kier alpha value is -1.81. The number of hydrogen-bond acceptors (Lipinski definition) is 3. The van der Waals surface area contributed by atoms with Gasteiger partial charge in [0.1, 0.15) is 0 Å². The van der Waals surface area contributed by atoms with Crippen LogP contribution in [0.2, 0.25) is 0 Å². The Morgan fingerprint density at radius 2 is 2.13 bits per heavy atom. The number of hydrogen-bond donors (Lipinski definition) is 2. The van der Waals surface area contributed by atoms with E-state index in [4.69, 9.17) is 10.6 Å². The molecule has 0 aliphatic carbocycles. The quantitative estimate of drug-likeness (QED) is 0.444. The molecule has 0 spiro atoms. The Labute approximate surface area is 88.7 Å². The Morgan fingerprint density at radius 3 is 2.73 bits per heavy atom. The summed E-state index contributed by atoms with van der Waals surface area (Å²) < 4.78 is 0. The monoisotopic (exact) mass is 206 g/mol. The van der Waals surface area contributed by atoms with Gasteiger partial charge in [-0.1, -0.05) is 12.1 Å². The second-order valence-corrected chi connectivity index (χ2v) is 2.90. The number of rotatable bonds is 4. The molecule has 0 bridgehead atoms. The molecule has 0 aromatic heterocycles. The van der Waals surface area contributed by atoms with Crippen molar-refractivity contribution in [3.05, 3.63) is 35.9 Å². The van der Waals surface area contributed by atoms with E-state index in [9.17, 15) is 4.79 Å². The van der Waals surface area contributed by atoms with E-state index in [0.29, 0.717) is 12.3 Å². The molecule has 1 aromatic rings. The van der Waals surface area contributed by atoms with E-state index in [2.05, 4.69) is 5.48 Å². The van der Waals surface area contributed by atoms with Gasteiger partial charge in [-0.05, 0) is 30.7 Å². The fraction of sp³-hybridized carbons (Fsp3) is 0.182. The largest absolute Gasteiger partial charge is 0.399 e. The van der Waals surface area contributed by atoms with Crippen LogP contribution in [0.4, 0.5) is 5.69 Å². The van der Waals surface area contributed by atoms with Crippen molar-refractivity contribution in [3.8, 4) is 0 Å². The number of hydroxylamine groups is 1. The number of anilines is 1. The van der Waals surface area contributed by atoms with Crippen LogP contribution in [0.25, 0.3) is 6.08 Å². The molecule has 0 atom stereocenters. The van der Waals surface area contributed by atoms with Crippen molar-refractivity contribution in [2.24, 2.45) is 0 Å². The highest BCUT2D eigenvalue weighted by atomic mass is 16.6. The SMILES string of the molecule is CCONC(=O)/C=C/c1ccc(N)cc1. The fourth-order valence-corrected chi connectivity index (χ4v) is 0.956. The van der Waals surface area contributed by atoms with Crippen LogP contribution in [0.3, 0.4) is 0 Å².